The van der Waals surface area contributed by atoms with Crippen LogP contribution in [0.5, 0.6) is 0 Å². The number of hydrogen-bond acceptors (Lipinski definition) is 2. The van der Waals surface area contributed by atoms with Crippen molar-refractivity contribution in [1.82, 2.24) is 9.78 Å². The highest BCUT2D eigenvalue weighted by Crippen LogP contribution is 2.31. The molecule has 6 heteroatoms. The summed E-state index contributed by atoms with van der Waals surface area (Å²) in [5.74, 6) is 0. The first kappa shape index (κ1) is 15.4. The summed E-state index contributed by atoms with van der Waals surface area (Å²) in [5, 5.41) is 8.75. The van der Waals surface area contributed by atoms with E-state index in [1.54, 1.807) is 12.3 Å². The topological polar surface area (TPSA) is 29.9 Å². The third kappa shape index (κ3) is 3.29. The first-order chi connectivity index (χ1) is 10.5. The van der Waals surface area contributed by atoms with Crippen molar-refractivity contribution in [2.45, 2.75) is 0 Å². The Bertz CT molecular complexity index is 790. The van der Waals surface area contributed by atoms with Crippen LogP contribution in [0.25, 0.3) is 11.3 Å². The summed E-state index contributed by atoms with van der Waals surface area (Å²) in [6.07, 6.45) is 1.78. The number of nitrogens with one attached hydrogen (secondary N) is 1. The molecule has 112 valence electrons. The highest BCUT2D eigenvalue weighted by atomic mass is 79.9. The number of hydrogen-bond donors (Lipinski definition) is 1. The van der Waals surface area contributed by atoms with Crippen LogP contribution in [0.4, 0.5) is 11.4 Å². The summed E-state index contributed by atoms with van der Waals surface area (Å²) in [6.45, 7) is 0. The van der Waals surface area contributed by atoms with E-state index >= 15 is 0 Å². The van der Waals surface area contributed by atoms with Gasteiger partial charge in [-0.3, -0.25) is 4.68 Å². The van der Waals surface area contributed by atoms with E-state index in [1.807, 2.05) is 42.1 Å². The maximum absolute atomic E-state index is 6.03. The molecule has 1 aromatic heterocycles. The fourth-order valence-electron chi connectivity index (χ4n) is 2.27. The molecule has 0 bridgehead atoms. The smallest absolute Gasteiger partial charge is 0.0821 e. The molecule has 0 aliphatic carbocycles. The van der Waals surface area contributed by atoms with Crippen LogP contribution in [0.15, 0.2) is 53.1 Å². The Balaban J connectivity index is 1.95. The van der Waals surface area contributed by atoms with Gasteiger partial charge in [0.25, 0.3) is 0 Å². The van der Waals surface area contributed by atoms with Crippen molar-refractivity contribution in [2.24, 2.45) is 7.05 Å². The molecule has 0 saturated heterocycles. The molecule has 2 aromatic carbocycles. The number of aryl methyl sites for hydroxylation is 1. The van der Waals surface area contributed by atoms with Crippen molar-refractivity contribution >= 4 is 50.5 Å². The van der Waals surface area contributed by atoms with Crippen LogP contribution in [0, 0.1) is 0 Å². The molecule has 0 fully saturated rings. The molecule has 0 aliphatic rings. The van der Waals surface area contributed by atoms with Gasteiger partial charge in [-0.25, -0.2) is 0 Å². The Morgan fingerprint density at radius 1 is 1.05 bits per heavy atom. The van der Waals surface area contributed by atoms with Crippen molar-refractivity contribution in [3.8, 4) is 11.3 Å². The third-order valence-corrected chi connectivity index (χ3v) is 4.20. The molecule has 0 saturated carbocycles. The lowest BCUT2D eigenvalue weighted by atomic mass is 10.1. The lowest BCUT2D eigenvalue weighted by Crippen LogP contribution is -1.95. The van der Waals surface area contributed by atoms with Crippen molar-refractivity contribution < 1.29 is 0 Å². The lowest BCUT2D eigenvalue weighted by Gasteiger charge is -2.10. The van der Waals surface area contributed by atoms with Crippen LogP contribution in [0.3, 0.4) is 0 Å². The van der Waals surface area contributed by atoms with Crippen LogP contribution in [0.1, 0.15) is 0 Å². The normalized spacial score (nSPS) is 10.7. The quantitative estimate of drug-likeness (QED) is 0.597. The molecule has 0 spiro atoms. The van der Waals surface area contributed by atoms with E-state index in [-0.39, 0.29) is 0 Å². The second-order valence-electron chi connectivity index (χ2n) is 4.83. The molecular weight excluding hydrogens is 385 g/mol. The van der Waals surface area contributed by atoms with Crippen molar-refractivity contribution in [2.75, 3.05) is 5.32 Å². The highest BCUT2D eigenvalue weighted by Gasteiger charge is 2.09. The molecule has 0 aliphatic heterocycles. The van der Waals surface area contributed by atoms with E-state index in [4.69, 9.17) is 23.2 Å². The second kappa shape index (κ2) is 6.32. The number of anilines is 2. The fourth-order valence-corrected chi connectivity index (χ4v) is 3.38. The van der Waals surface area contributed by atoms with Crippen LogP contribution < -0.4 is 5.32 Å². The zero-order valence-corrected chi connectivity index (χ0v) is 14.7. The zero-order valence-electron chi connectivity index (χ0n) is 11.6. The van der Waals surface area contributed by atoms with E-state index < -0.39 is 0 Å². The van der Waals surface area contributed by atoms with Crippen LogP contribution in [0.2, 0.25) is 10.0 Å². The first-order valence-electron chi connectivity index (χ1n) is 6.54. The summed E-state index contributed by atoms with van der Waals surface area (Å²) >= 11 is 15.6. The van der Waals surface area contributed by atoms with Gasteiger partial charge in [0.15, 0.2) is 0 Å². The van der Waals surface area contributed by atoms with Gasteiger partial charge in [0, 0.05) is 34.0 Å². The van der Waals surface area contributed by atoms with E-state index in [0.29, 0.717) is 10.0 Å². The summed E-state index contributed by atoms with van der Waals surface area (Å²) in [5.41, 5.74) is 3.88. The van der Waals surface area contributed by atoms with Crippen LogP contribution in [-0.4, -0.2) is 9.78 Å². The number of aromatic nitrogens is 2. The van der Waals surface area contributed by atoms with Gasteiger partial charge in [0.1, 0.15) is 0 Å². The second-order valence-corrected chi connectivity index (χ2v) is 6.56. The van der Waals surface area contributed by atoms with Crippen molar-refractivity contribution in [3.63, 3.8) is 0 Å². The minimum absolute atomic E-state index is 0.598. The molecule has 3 aromatic rings. The number of rotatable bonds is 3. The molecule has 22 heavy (non-hydrogen) atoms. The predicted octanol–water partition coefficient (Wildman–Crippen LogP) is 5.90. The van der Waals surface area contributed by atoms with Gasteiger partial charge in [-0.2, -0.15) is 5.10 Å². The lowest BCUT2D eigenvalue weighted by molar-refractivity contribution is 0.776. The molecule has 0 unspecified atom stereocenters. The molecule has 3 nitrogen and oxygen atoms in total. The van der Waals surface area contributed by atoms with Crippen molar-refractivity contribution in [3.05, 3.63) is 63.2 Å². The van der Waals surface area contributed by atoms with Gasteiger partial charge in [0.05, 0.1) is 16.4 Å². The van der Waals surface area contributed by atoms with Gasteiger partial charge in [-0.05, 0) is 46.3 Å². The molecule has 0 atom stereocenters. The molecule has 1 N–H and O–H groups in total. The minimum Gasteiger partial charge on any atom is -0.355 e. The van der Waals surface area contributed by atoms with E-state index in [1.165, 1.54) is 0 Å². The first-order valence-corrected chi connectivity index (χ1v) is 8.09. The maximum Gasteiger partial charge on any atom is 0.0821 e. The SMILES string of the molecule is Cn1ncc(Br)c1-c1cccc(Nc2cc(Cl)cc(Cl)c2)c1. The summed E-state index contributed by atoms with van der Waals surface area (Å²) in [4.78, 5) is 0. The van der Waals surface area contributed by atoms with E-state index in [0.717, 1.165) is 27.1 Å². The minimum atomic E-state index is 0.598. The van der Waals surface area contributed by atoms with Gasteiger partial charge in [-0.15, -0.1) is 0 Å². The number of nitrogens with zero attached hydrogens (tertiary/aromatic N) is 2. The van der Waals surface area contributed by atoms with E-state index in [9.17, 15) is 0 Å². The molecule has 0 radical (unpaired) electrons. The summed E-state index contributed by atoms with van der Waals surface area (Å²) in [7, 11) is 1.91. The zero-order chi connectivity index (χ0) is 15.7. The average molecular weight is 397 g/mol. The van der Waals surface area contributed by atoms with Gasteiger partial charge in [-0.1, -0.05) is 35.3 Å². The number of halogens is 3. The molecule has 1 heterocycles. The Labute approximate surface area is 147 Å². The maximum atomic E-state index is 6.03. The molecule has 0 amide bonds. The van der Waals surface area contributed by atoms with Crippen LogP contribution in [-0.2, 0) is 7.05 Å². The Morgan fingerprint density at radius 3 is 2.41 bits per heavy atom. The Kier molecular flexibility index (Phi) is 4.43. The van der Waals surface area contributed by atoms with E-state index in [2.05, 4.69) is 32.4 Å². The standard InChI is InChI=1S/C16H12BrCl2N3/c1-22-16(15(17)9-20-22)10-3-2-4-13(5-10)21-14-7-11(18)6-12(19)8-14/h2-9,21H,1H3. The molecule has 3 rings (SSSR count). The van der Waals surface area contributed by atoms with Gasteiger partial charge < -0.3 is 5.32 Å². The summed E-state index contributed by atoms with van der Waals surface area (Å²) < 4.78 is 2.79. The average Bonchev–Trinajstić information content (AvgIpc) is 2.77. The third-order valence-electron chi connectivity index (χ3n) is 3.18. The number of benzene rings is 2. The Hall–Kier alpha value is -1.49. The fraction of sp³-hybridized carbons (Fsp3) is 0.0625. The molecular formula is C16H12BrCl2N3. The van der Waals surface area contributed by atoms with Crippen LogP contribution >= 0.6 is 39.1 Å². The Morgan fingerprint density at radius 2 is 1.77 bits per heavy atom. The predicted molar refractivity (Wildman–Crippen MR) is 96.1 cm³/mol. The van der Waals surface area contributed by atoms with Gasteiger partial charge >= 0.3 is 0 Å². The summed E-state index contributed by atoms with van der Waals surface area (Å²) in [6, 6.07) is 13.4. The largest absolute Gasteiger partial charge is 0.355 e. The van der Waals surface area contributed by atoms with Crippen molar-refractivity contribution in [1.29, 1.82) is 0 Å². The highest BCUT2D eigenvalue weighted by molar-refractivity contribution is 9.10. The van der Waals surface area contributed by atoms with Gasteiger partial charge in [0.2, 0.25) is 0 Å². The monoisotopic (exact) mass is 395 g/mol.